The zero-order valence-corrected chi connectivity index (χ0v) is 9.72. The second-order valence-corrected chi connectivity index (χ2v) is 5.29. The lowest BCUT2D eigenvalue weighted by Gasteiger charge is -2.25. The van der Waals surface area contributed by atoms with E-state index in [0.29, 0.717) is 12.6 Å². The Balaban J connectivity index is 2.22. The van der Waals surface area contributed by atoms with Crippen LogP contribution in [0.1, 0.15) is 52.4 Å². The van der Waals surface area contributed by atoms with Crippen molar-refractivity contribution >= 4 is 0 Å². The molecule has 14 heavy (non-hydrogen) atoms. The third-order valence-corrected chi connectivity index (χ3v) is 3.06. The molecule has 0 unspecified atom stereocenters. The van der Waals surface area contributed by atoms with Crippen molar-refractivity contribution in [2.45, 2.75) is 58.5 Å². The van der Waals surface area contributed by atoms with Crippen molar-refractivity contribution < 1.29 is 4.74 Å². The van der Waals surface area contributed by atoms with Gasteiger partial charge in [-0.15, -0.1) is 0 Å². The monoisotopic (exact) mass is 199 g/mol. The second kappa shape index (κ2) is 5.72. The molecule has 2 heteroatoms. The second-order valence-electron chi connectivity index (χ2n) is 5.29. The summed E-state index contributed by atoms with van der Waals surface area (Å²) in [6.45, 7) is 5.86. The molecule has 0 aromatic rings. The van der Waals surface area contributed by atoms with E-state index in [-0.39, 0.29) is 5.41 Å². The van der Waals surface area contributed by atoms with Gasteiger partial charge in [0.05, 0.1) is 12.7 Å². The van der Waals surface area contributed by atoms with Crippen LogP contribution in [0.25, 0.3) is 0 Å². The van der Waals surface area contributed by atoms with Crippen molar-refractivity contribution in [1.29, 1.82) is 0 Å². The van der Waals surface area contributed by atoms with Crippen molar-refractivity contribution in [2.24, 2.45) is 11.1 Å². The van der Waals surface area contributed by atoms with E-state index >= 15 is 0 Å². The Labute approximate surface area is 88.2 Å². The maximum absolute atomic E-state index is 5.94. The van der Waals surface area contributed by atoms with Gasteiger partial charge >= 0.3 is 0 Å². The SMILES string of the molecule is CC(C)(CN)COC1CCCCCC1. The molecule has 0 heterocycles. The lowest BCUT2D eigenvalue weighted by molar-refractivity contribution is -0.00152. The predicted octanol–water partition coefficient (Wildman–Crippen LogP) is 2.71. The van der Waals surface area contributed by atoms with Crippen LogP contribution in [0.2, 0.25) is 0 Å². The maximum Gasteiger partial charge on any atom is 0.0575 e. The molecule has 0 aromatic carbocycles. The molecule has 1 saturated carbocycles. The average molecular weight is 199 g/mol. The Kier molecular flexibility index (Phi) is 4.90. The van der Waals surface area contributed by atoms with Crippen LogP contribution in [0.15, 0.2) is 0 Å². The molecule has 2 nitrogen and oxygen atoms in total. The molecular formula is C12H25NO. The van der Waals surface area contributed by atoms with Gasteiger partial charge in [-0.3, -0.25) is 0 Å². The van der Waals surface area contributed by atoms with E-state index in [2.05, 4.69) is 13.8 Å². The minimum Gasteiger partial charge on any atom is -0.378 e. The van der Waals surface area contributed by atoms with E-state index in [4.69, 9.17) is 10.5 Å². The zero-order chi connectivity index (χ0) is 10.4. The first-order chi connectivity index (χ1) is 6.64. The summed E-state index contributed by atoms with van der Waals surface area (Å²) in [6, 6.07) is 0. The highest BCUT2D eigenvalue weighted by Gasteiger charge is 2.19. The molecule has 0 radical (unpaired) electrons. The van der Waals surface area contributed by atoms with Crippen molar-refractivity contribution in [2.75, 3.05) is 13.2 Å². The van der Waals surface area contributed by atoms with Crippen LogP contribution in [-0.4, -0.2) is 19.3 Å². The van der Waals surface area contributed by atoms with Crippen LogP contribution >= 0.6 is 0 Å². The summed E-state index contributed by atoms with van der Waals surface area (Å²) in [5, 5.41) is 0. The van der Waals surface area contributed by atoms with Gasteiger partial charge in [-0.05, 0) is 19.4 Å². The highest BCUT2D eigenvalue weighted by molar-refractivity contribution is 4.71. The van der Waals surface area contributed by atoms with Gasteiger partial charge in [0.1, 0.15) is 0 Å². The Morgan fingerprint density at radius 3 is 2.21 bits per heavy atom. The van der Waals surface area contributed by atoms with Crippen molar-refractivity contribution in [3.8, 4) is 0 Å². The summed E-state index contributed by atoms with van der Waals surface area (Å²) >= 11 is 0. The number of hydrogen-bond donors (Lipinski definition) is 1. The van der Waals surface area contributed by atoms with Gasteiger partial charge in [-0.1, -0.05) is 39.5 Å². The van der Waals surface area contributed by atoms with Crippen molar-refractivity contribution in [1.82, 2.24) is 0 Å². The molecule has 0 atom stereocenters. The number of nitrogens with two attached hydrogens (primary N) is 1. The first kappa shape index (κ1) is 12.0. The minimum atomic E-state index is 0.145. The fourth-order valence-corrected chi connectivity index (χ4v) is 1.81. The summed E-state index contributed by atoms with van der Waals surface area (Å²) in [6.07, 6.45) is 8.46. The summed E-state index contributed by atoms with van der Waals surface area (Å²) in [5.74, 6) is 0. The lowest BCUT2D eigenvalue weighted by Crippen LogP contribution is -2.31. The highest BCUT2D eigenvalue weighted by atomic mass is 16.5. The molecule has 84 valence electrons. The van der Waals surface area contributed by atoms with E-state index in [1.807, 2.05) is 0 Å². The van der Waals surface area contributed by atoms with E-state index < -0.39 is 0 Å². The van der Waals surface area contributed by atoms with Crippen molar-refractivity contribution in [3.63, 3.8) is 0 Å². The zero-order valence-electron chi connectivity index (χ0n) is 9.72. The normalized spacial score (nSPS) is 20.8. The molecule has 0 amide bonds. The number of ether oxygens (including phenoxy) is 1. The number of hydrogen-bond acceptors (Lipinski definition) is 2. The summed E-state index contributed by atoms with van der Waals surface area (Å²) < 4.78 is 5.94. The minimum absolute atomic E-state index is 0.145. The third kappa shape index (κ3) is 4.43. The largest absolute Gasteiger partial charge is 0.378 e. The molecule has 0 saturated heterocycles. The van der Waals surface area contributed by atoms with Gasteiger partial charge in [0.15, 0.2) is 0 Å². The lowest BCUT2D eigenvalue weighted by atomic mass is 9.95. The highest BCUT2D eigenvalue weighted by Crippen LogP contribution is 2.22. The first-order valence-electron chi connectivity index (χ1n) is 5.96. The van der Waals surface area contributed by atoms with Crippen LogP contribution in [0.4, 0.5) is 0 Å². The molecule has 0 bridgehead atoms. The van der Waals surface area contributed by atoms with Crippen LogP contribution in [0, 0.1) is 5.41 Å². The molecule has 1 fully saturated rings. The predicted molar refractivity (Wildman–Crippen MR) is 60.3 cm³/mol. The maximum atomic E-state index is 5.94. The third-order valence-electron chi connectivity index (χ3n) is 3.06. The number of rotatable bonds is 4. The van der Waals surface area contributed by atoms with Crippen LogP contribution < -0.4 is 5.73 Å². The van der Waals surface area contributed by atoms with Gasteiger partial charge in [-0.2, -0.15) is 0 Å². The van der Waals surface area contributed by atoms with Crippen LogP contribution in [-0.2, 0) is 4.74 Å². The topological polar surface area (TPSA) is 35.2 Å². The molecule has 1 rings (SSSR count). The Morgan fingerprint density at radius 2 is 1.71 bits per heavy atom. The standard InChI is InChI=1S/C12H25NO/c1-12(2,9-13)10-14-11-7-5-3-4-6-8-11/h11H,3-10,13H2,1-2H3. The van der Waals surface area contributed by atoms with Crippen LogP contribution in [0.3, 0.4) is 0 Å². The van der Waals surface area contributed by atoms with Crippen molar-refractivity contribution in [3.05, 3.63) is 0 Å². The molecule has 2 N–H and O–H groups in total. The summed E-state index contributed by atoms with van der Waals surface area (Å²) in [4.78, 5) is 0. The Bertz CT molecular complexity index is 148. The molecule has 0 aliphatic heterocycles. The Hall–Kier alpha value is -0.0800. The van der Waals surface area contributed by atoms with Gasteiger partial charge in [0, 0.05) is 5.41 Å². The van der Waals surface area contributed by atoms with E-state index in [1.165, 1.54) is 38.5 Å². The van der Waals surface area contributed by atoms with Crippen LogP contribution in [0.5, 0.6) is 0 Å². The van der Waals surface area contributed by atoms with E-state index in [1.54, 1.807) is 0 Å². The van der Waals surface area contributed by atoms with Gasteiger partial charge in [-0.25, -0.2) is 0 Å². The summed E-state index contributed by atoms with van der Waals surface area (Å²) in [5.41, 5.74) is 5.82. The smallest absolute Gasteiger partial charge is 0.0575 e. The van der Waals surface area contributed by atoms with Gasteiger partial charge in [0.25, 0.3) is 0 Å². The van der Waals surface area contributed by atoms with Gasteiger partial charge in [0.2, 0.25) is 0 Å². The molecule has 0 aromatic heterocycles. The van der Waals surface area contributed by atoms with E-state index in [9.17, 15) is 0 Å². The molecule has 1 aliphatic rings. The quantitative estimate of drug-likeness (QED) is 0.707. The van der Waals surface area contributed by atoms with E-state index in [0.717, 1.165) is 6.61 Å². The fraction of sp³-hybridized carbons (Fsp3) is 1.00. The molecular weight excluding hydrogens is 174 g/mol. The van der Waals surface area contributed by atoms with Gasteiger partial charge < -0.3 is 10.5 Å². The fourth-order valence-electron chi connectivity index (χ4n) is 1.81. The Morgan fingerprint density at radius 1 is 1.14 bits per heavy atom. The molecule has 1 aliphatic carbocycles. The average Bonchev–Trinajstić information content (AvgIpc) is 2.43. The molecule has 0 spiro atoms. The summed E-state index contributed by atoms with van der Waals surface area (Å²) in [7, 11) is 0. The first-order valence-corrected chi connectivity index (χ1v) is 5.96.